The molecule has 2 unspecified atom stereocenters. The Morgan fingerprint density at radius 3 is 2.56 bits per heavy atom. The molecule has 1 amide bonds. The van der Waals surface area contributed by atoms with Crippen LogP contribution in [-0.4, -0.2) is 48.9 Å². The quantitative estimate of drug-likeness (QED) is 0.239. The molecule has 2 N–H and O–H groups in total. The highest BCUT2D eigenvalue weighted by Crippen LogP contribution is 2.39. The van der Waals surface area contributed by atoms with Crippen molar-refractivity contribution in [1.82, 2.24) is 19.7 Å². The van der Waals surface area contributed by atoms with Gasteiger partial charge in [-0.1, -0.05) is 6.58 Å². The molecule has 7 nitrogen and oxygen atoms in total. The van der Waals surface area contributed by atoms with Gasteiger partial charge >= 0.3 is 6.18 Å². The fraction of sp³-hybridized carbons (Fsp3) is 0.444. The molecule has 12 heteroatoms. The van der Waals surface area contributed by atoms with Gasteiger partial charge in [-0.3, -0.25) is 14.2 Å². The second-order valence-electron chi connectivity index (χ2n) is 9.98. The third-order valence-electron chi connectivity index (χ3n) is 6.40. The van der Waals surface area contributed by atoms with Crippen molar-refractivity contribution in [3.63, 3.8) is 0 Å². The average Bonchev–Trinajstić information content (AvgIpc) is 3.16. The maximum absolute atomic E-state index is 14.3. The number of fused-ring (bicyclic) bond motifs is 1. The van der Waals surface area contributed by atoms with Crippen LogP contribution in [0.2, 0.25) is 0 Å². The van der Waals surface area contributed by atoms with E-state index in [2.05, 4.69) is 21.9 Å². The Bertz CT molecular complexity index is 1350. The number of aryl methyl sites for hydroxylation is 2. The number of aliphatic hydroxyl groups is 1. The third-order valence-corrected chi connectivity index (χ3v) is 6.40. The Morgan fingerprint density at radius 1 is 1.28 bits per heavy atom. The zero-order chi connectivity index (χ0) is 29.2. The predicted octanol–water partition coefficient (Wildman–Crippen LogP) is 5.56. The maximum Gasteiger partial charge on any atom is 0.426 e. The summed E-state index contributed by atoms with van der Waals surface area (Å²) in [5.41, 5.74) is -3.63. The molecule has 3 rings (SSSR count). The van der Waals surface area contributed by atoms with Crippen LogP contribution in [0.3, 0.4) is 0 Å². The van der Waals surface area contributed by atoms with E-state index in [1.165, 1.54) is 36.6 Å². The molecule has 2 atom stereocenters. The summed E-state index contributed by atoms with van der Waals surface area (Å²) in [6, 6.07) is 3.38. The maximum atomic E-state index is 14.3. The molecular weight excluding hydrogens is 523 g/mol. The standard InChI is InChI=1S/C27H31F5N4O3/c1-6-26(29,27(30,31)32)11-7-10-21(25(4,5)38)35-24(37)22-17(3)34-23-20(13-16(2)14-36(22)23)39-15-19-18(28)9-8-12-33-19/h6,8-9,12-14,21,38H,1,7,10-11,15H2,2-5H3,(H,35,37). The number of halogens is 5. The number of nitrogens with one attached hydrogen (secondary N) is 1. The molecule has 3 aromatic heterocycles. The van der Waals surface area contributed by atoms with Gasteiger partial charge in [-0.2, -0.15) is 13.2 Å². The van der Waals surface area contributed by atoms with Crippen LogP contribution >= 0.6 is 0 Å². The van der Waals surface area contributed by atoms with Gasteiger partial charge in [0.05, 0.1) is 17.3 Å². The number of ether oxygens (including phenoxy) is 1. The van der Waals surface area contributed by atoms with Gasteiger partial charge < -0.3 is 15.2 Å². The van der Waals surface area contributed by atoms with Crippen molar-refractivity contribution in [2.24, 2.45) is 0 Å². The van der Waals surface area contributed by atoms with Gasteiger partial charge in [-0.05, 0) is 76.8 Å². The van der Waals surface area contributed by atoms with E-state index >= 15 is 0 Å². The Kier molecular flexibility index (Phi) is 8.69. The number of carbonyl (C=O) groups is 1. The van der Waals surface area contributed by atoms with Crippen molar-refractivity contribution in [3.05, 3.63) is 71.7 Å². The molecule has 3 aromatic rings. The number of amides is 1. The molecule has 0 radical (unpaired) electrons. The number of aromatic nitrogens is 3. The van der Waals surface area contributed by atoms with Crippen LogP contribution in [0.25, 0.3) is 5.65 Å². The Labute approximate surface area is 222 Å². The zero-order valence-electron chi connectivity index (χ0n) is 22.1. The average molecular weight is 555 g/mol. The minimum atomic E-state index is -5.13. The van der Waals surface area contributed by atoms with Crippen molar-refractivity contribution in [2.45, 2.75) is 77.1 Å². The molecule has 0 fully saturated rings. The van der Waals surface area contributed by atoms with Crippen LogP contribution in [0.15, 0.2) is 43.2 Å². The molecule has 0 saturated carbocycles. The molecule has 212 valence electrons. The summed E-state index contributed by atoms with van der Waals surface area (Å²) in [6.07, 6.45) is -3.17. The van der Waals surface area contributed by atoms with Crippen LogP contribution in [0.5, 0.6) is 5.75 Å². The molecule has 0 saturated heterocycles. The number of imidazole rings is 1. The first-order chi connectivity index (χ1) is 18.1. The van der Waals surface area contributed by atoms with Crippen molar-refractivity contribution in [3.8, 4) is 5.75 Å². The van der Waals surface area contributed by atoms with Gasteiger partial charge in [0, 0.05) is 12.4 Å². The van der Waals surface area contributed by atoms with Gasteiger partial charge in [0.15, 0.2) is 11.4 Å². The van der Waals surface area contributed by atoms with Crippen LogP contribution in [0, 0.1) is 19.7 Å². The van der Waals surface area contributed by atoms with E-state index in [1.807, 2.05) is 0 Å². The van der Waals surface area contributed by atoms with E-state index in [4.69, 9.17) is 4.74 Å². The lowest BCUT2D eigenvalue weighted by Crippen LogP contribution is -2.50. The lowest BCUT2D eigenvalue weighted by atomic mass is 9.90. The lowest BCUT2D eigenvalue weighted by Gasteiger charge is -2.31. The lowest BCUT2D eigenvalue weighted by molar-refractivity contribution is -0.214. The summed E-state index contributed by atoms with van der Waals surface area (Å²) in [6.45, 7) is 8.91. The molecule has 0 aliphatic heterocycles. The molecule has 0 spiro atoms. The number of nitrogens with zero attached hydrogens (tertiary/aromatic N) is 3. The highest BCUT2D eigenvalue weighted by atomic mass is 19.4. The van der Waals surface area contributed by atoms with Gasteiger partial charge in [0.25, 0.3) is 5.91 Å². The van der Waals surface area contributed by atoms with Gasteiger partial charge in [-0.15, -0.1) is 0 Å². The number of rotatable bonds is 11. The first kappa shape index (κ1) is 30.0. The van der Waals surface area contributed by atoms with Crippen LogP contribution in [-0.2, 0) is 6.61 Å². The van der Waals surface area contributed by atoms with Crippen LogP contribution in [0.4, 0.5) is 22.0 Å². The molecule has 0 aliphatic rings. The predicted molar refractivity (Wildman–Crippen MR) is 135 cm³/mol. The van der Waals surface area contributed by atoms with E-state index in [9.17, 15) is 31.9 Å². The highest BCUT2D eigenvalue weighted by Gasteiger charge is 2.53. The van der Waals surface area contributed by atoms with E-state index in [0.717, 1.165) is 0 Å². The zero-order valence-corrected chi connectivity index (χ0v) is 22.1. The number of alkyl halides is 4. The molecule has 39 heavy (non-hydrogen) atoms. The monoisotopic (exact) mass is 554 g/mol. The summed E-state index contributed by atoms with van der Waals surface area (Å²) >= 11 is 0. The van der Waals surface area contributed by atoms with Crippen molar-refractivity contribution < 1.29 is 36.6 Å². The van der Waals surface area contributed by atoms with Crippen molar-refractivity contribution >= 4 is 11.6 Å². The van der Waals surface area contributed by atoms with Gasteiger partial charge in [0.1, 0.15) is 23.8 Å². The normalized spacial score (nSPS) is 14.6. The number of allylic oxidation sites excluding steroid dienone is 1. The topological polar surface area (TPSA) is 88.8 Å². The van der Waals surface area contributed by atoms with E-state index in [1.54, 1.807) is 26.1 Å². The molecule has 0 bridgehead atoms. The van der Waals surface area contributed by atoms with E-state index < -0.39 is 41.6 Å². The largest absolute Gasteiger partial charge is 0.483 e. The first-order valence-corrected chi connectivity index (χ1v) is 12.2. The Balaban J connectivity index is 1.84. The van der Waals surface area contributed by atoms with E-state index in [0.29, 0.717) is 11.3 Å². The van der Waals surface area contributed by atoms with E-state index in [-0.39, 0.29) is 48.3 Å². The van der Waals surface area contributed by atoms with Crippen LogP contribution < -0.4 is 10.1 Å². The SMILES string of the molecule is C=CC(F)(CCCC(NC(=O)c1c(C)nc2c(OCc3ncccc3F)cc(C)cn12)C(C)(C)O)C(F)(F)F. The summed E-state index contributed by atoms with van der Waals surface area (Å²) in [5.74, 6) is -0.908. The van der Waals surface area contributed by atoms with Crippen molar-refractivity contribution in [2.75, 3.05) is 0 Å². The number of carbonyl (C=O) groups excluding carboxylic acids is 1. The number of hydrogen-bond donors (Lipinski definition) is 2. The smallest absolute Gasteiger partial charge is 0.426 e. The Morgan fingerprint density at radius 2 is 1.97 bits per heavy atom. The highest BCUT2D eigenvalue weighted by molar-refractivity contribution is 5.95. The molecular formula is C27H31F5N4O3. The van der Waals surface area contributed by atoms with Crippen LogP contribution in [0.1, 0.15) is 60.5 Å². The third kappa shape index (κ3) is 6.73. The summed E-state index contributed by atoms with van der Waals surface area (Å²) in [7, 11) is 0. The summed E-state index contributed by atoms with van der Waals surface area (Å²) in [4.78, 5) is 21.7. The second kappa shape index (κ2) is 11.3. The Hall–Kier alpha value is -3.54. The first-order valence-electron chi connectivity index (χ1n) is 12.2. The number of pyridine rings is 2. The summed E-state index contributed by atoms with van der Waals surface area (Å²) < 4.78 is 74.8. The van der Waals surface area contributed by atoms with Gasteiger partial charge in [-0.25, -0.2) is 13.8 Å². The summed E-state index contributed by atoms with van der Waals surface area (Å²) in [5, 5.41) is 13.3. The molecule has 3 heterocycles. The fourth-order valence-electron chi connectivity index (χ4n) is 4.16. The second-order valence-corrected chi connectivity index (χ2v) is 9.98. The molecule has 0 aromatic carbocycles. The molecule has 0 aliphatic carbocycles. The minimum absolute atomic E-state index is 0.0886. The van der Waals surface area contributed by atoms with Gasteiger partial charge in [0.2, 0.25) is 5.67 Å². The fourth-order valence-corrected chi connectivity index (χ4v) is 4.16. The number of hydrogen-bond acceptors (Lipinski definition) is 5. The minimum Gasteiger partial charge on any atom is -0.483 e. The van der Waals surface area contributed by atoms with Crippen molar-refractivity contribution in [1.29, 1.82) is 0 Å².